The summed E-state index contributed by atoms with van der Waals surface area (Å²) in [7, 11) is 0. The number of alkyl halides is 7. The Labute approximate surface area is 140 Å². The fraction of sp³-hybridized carbons (Fsp3) is 0.273. The quantitative estimate of drug-likeness (QED) is 0.278. The first-order valence-electron chi connectivity index (χ1n) is 4.94. The Balaban J connectivity index is 0.00000191. The van der Waals surface area contributed by atoms with E-state index in [4.69, 9.17) is 0 Å². The fourth-order valence-electron chi connectivity index (χ4n) is 1.23. The van der Waals surface area contributed by atoms with E-state index in [2.05, 4.69) is 29.6 Å². The monoisotopic (exact) mass is 492 g/mol. The van der Waals surface area contributed by atoms with Crippen molar-refractivity contribution in [3.05, 3.63) is 40.9 Å². The van der Waals surface area contributed by atoms with Gasteiger partial charge >= 0.3 is 48.0 Å². The maximum atomic E-state index is 13.4. The molecule has 0 nitrogen and oxygen atoms in total. The zero-order valence-corrected chi connectivity index (χ0v) is 16.1. The summed E-state index contributed by atoms with van der Waals surface area (Å²) >= 11 is 6.53. The SMILES string of the molecule is FC(F)(F)C(F)(F)C(F)(F)C(=[C-]Br)c1ccccc1.[Zn+][Br]. The Morgan fingerprint density at radius 2 is 1.33 bits per heavy atom. The van der Waals surface area contributed by atoms with Crippen LogP contribution < -0.4 is 0 Å². The van der Waals surface area contributed by atoms with Crippen molar-refractivity contribution >= 4 is 35.1 Å². The molecule has 0 amide bonds. The number of halogens is 9. The third-order valence-electron chi connectivity index (χ3n) is 2.22. The number of benzene rings is 1. The van der Waals surface area contributed by atoms with Crippen molar-refractivity contribution in [3.8, 4) is 0 Å². The van der Waals surface area contributed by atoms with Crippen LogP contribution in [0.15, 0.2) is 30.3 Å². The van der Waals surface area contributed by atoms with E-state index < -0.39 is 29.2 Å². The van der Waals surface area contributed by atoms with Crippen molar-refractivity contribution in [1.29, 1.82) is 0 Å². The molecule has 114 valence electrons. The normalized spacial score (nSPS) is 13.6. The van der Waals surface area contributed by atoms with E-state index in [0.29, 0.717) is 0 Å². The Morgan fingerprint density at radius 3 is 1.67 bits per heavy atom. The molecule has 1 rings (SSSR count). The van der Waals surface area contributed by atoms with Gasteiger partial charge in [-0.2, -0.15) is 57.2 Å². The van der Waals surface area contributed by atoms with Crippen LogP contribution in [0.4, 0.5) is 30.7 Å². The van der Waals surface area contributed by atoms with E-state index in [0.717, 1.165) is 12.1 Å². The van der Waals surface area contributed by atoms with Crippen molar-refractivity contribution in [2.24, 2.45) is 0 Å². The average molecular weight is 495 g/mol. The second-order valence-electron chi connectivity index (χ2n) is 3.48. The predicted octanol–water partition coefficient (Wildman–Crippen LogP) is 5.90. The summed E-state index contributed by atoms with van der Waals surface area (Å²) in [6.45, 7) is 0. The van der Waals surface area contributed by atoms with E-state index in [1.165, 1.54) is 39.5 Å². The van der Waals surface area contributed by atoms with E-state index in [9.17, 15) is 30.7 Å². The van der Waals surface area contributed by atoms with Crippen molar-refractivity contribution in [2.75, 3.05) is 0 Å². The van der Waals surface area contributed by atoms with Crippen molar-refractivity contribution < 1.29 is 47.1 Å². The zero-order valence-electron chi connectivity index (χ0n) is 10.00. The molecule has 0 unspecified atom stereocenters. The van der Waals surface area contributed by atoms with Gasteiger partial charge < -0.3 is 0 Å². The summed E-state index contributed by atoms with van der Waals surface area (Å²) in [5.74, 6) is -11.7. The summed E-state index contributed by atoms with van der Waals surface area (Å²) in [6.07, 6.45) is -6.37. The van der Waals surface area contributed by atoms with Gasteiger partial charge in [0.05, 0.1) is 0 Å². The van der Waals surface area contributed by atoms with Gasteiger partial charge in [0.1, 0.15) is 0 Å². The van der Waals surface area contributed by atoms with Crippen molar-refractivity contribution in [2.45, 2.75) is 18.0 Å². The van der Waals surface area contributed by atoms with Gasteiger partial charge in [-0.3, -0.25) is 0 Å². The molecule has 10 heteroatoms. The maximum absolute atomic E-state index is 13.4. The van der Waals surface area contributed by atoms with Gasteiger partial charge in [-0.05, 0) is 0 Å². The molecule has 0 heterocycles. The van der Waals surface area contributed by atoms with E-state index in [-0.39, 0.29) is 0 Å². The minimum atomic E-state index is -6.37. The van der Waals surface area contributed by atoms with Gasteiger partial charge in [-0.1, -0.05) is 18.2 Å². The Kier molecular flexibility index (Phi) is 8.08. The molecule has 0 aliphatic carbocycles. The summed E-state index contributed by atoms with van der Waals surface area (Å²) in [5, 5.41) is 0. The topological polar surface area (TPSA) is 0 Å². The molecule has 21 heavy (non-hydrogen) atoms. The molecule has 0 aromatic heterocycles. The van der Waals surface area contributed by atoms with Crippen LogP contribution in [0.2, 0.25) is 0 Å². The summed E-state index contributed by atoms with van der Waals surface area (Å²) in [6, 6.07) is 5.80. The molecule has 0 fully saturated rings. The molecule has 0 aliphatic heterocycles. The van der Waals surface area contributed by atoms with E-state index in [1.807, 2.05) is 0 Å². The molecule has 0 radical (unpaired) electrons. The molecule has 1 aromatic carbocycles. The van der Waals surface area contributed by atoms with Crippen molar-refractivity contribution in [1.82, 2.24) is 0 Å². The first kappa shape index (κ1) is 21.1. The van der Waals surface area contributed by atoms with Crippen LogP contribution in [0.25, 0.3) is 5.57 Å². The van der Waals surface area contributed by atoms with Crippen LogP contribution in [0.3, 0.4) is 0 Å². The third-order valence-corrected chi connectivity index (χ3v) is 2.62. The molecule has 0 bridgehead atoms. The molecule has 0 atom stereocenters. The Morgan fingerprint density at radius 1 is 0.905 bits per heavy atom. The van der Waals surface area contributed by atoms with Crippen LogP contribution in [0.5, 0.6) is 0 Å². The Hall–Kier alpha value is 0.0534. The van der Waals surface area contributed by atoms with Crippen LogP contribution in [-0.2, 0) is 16.3 Å². The average Bonchev–Trinajstić information content (AvgIpc) is 2.41. The molecule has 1 aromatic rings. The van der Waals surface area contributed by atoms with Crippen molar-refractivity contribution in [3.63, 3.8) is 0 Å². The van der Waals surface area contributed by atoms with Crippen LogP contribution in [-0.4, -0.2) is 18.0 Å². The molecular formula is C11H5Br2F7Zn. The molecule has 0 spiro atoms. The van der Waals surface area contributed by atoms with E-state index in [1.54, 1.807) is 0 Å². The van der Waals surface area contributed by atoms with Crippen LogP contribution >= 0.6 is 29.6 Å². The standard InChI is InChI=1S/C11H5BrF7.BrH.Zn/c12-6-8(7-4-2-1-3-5-7)9(13,14)10(15,16)11(17,18)19;;/h1-5H;1H;/q-1;;+2/p-1. The second-order valence-corrected chi connectivity index (χ2v) is 3.88. The number of allylic oxidation sites excluding steroid dienone is 1. The minimum absolute atomic E-state index is 0.492. The number of hydrogen-bond donors (Lipinski definition) is 0. The summed E-state index contributed by atoms with van der Waals surface area (Å²) < 4.78 is 88.8. The van der Waals surface area contributed by atoms with E-state index >= 15 is 0 Å². The molecule has 0 saturated carbocycles. The molecular weight excluding hydrogens is 490 g/mol. The predicted molar refractivity (Wildman–Crippen MR) is 66.9 cm³/mol. The first-order chi connectivity index (χ1) is 9.55. The Bertz CT molecular complexity index is 471. The molecule has 0 N–H and O–H groups in total. The van der Waals surface area contributed by atoms with Gasteiger partial charge in [0.25, 0.3) is 0 Å². The number of rotatable bonds is 3. The summed E-state index contributed by atoms with van der Waals surface area (Å²) in [4.78, 5) is 1.54. The molecule has 0 aliphatic rings. The summed E-state index contributed by atoms with van der Waals surface area (Å²) in [5.41, 5.74) is -2.07. The first-order valence-corrected chi connectivity index (χ1v) is 12.7. The van der Waals surface area contributed by atoms with Gasteiger partial charge in [0, 0.05) is 0 Å². The van der Waals surface area contributed by atoms with Gasteiger partial charge in [-0.25, -0.2) is 0 Å². The van der Waals surface area contributed by atoms with Gasteiger partial charge in [0.2, 0.25) is 0 Å². The second kappa shape index (κ2) is 8.06. The molecule has 0 saturated heterocycles. The zero-order chi connectivity index (χ0) is 16.9. The number of hydrogen-bond acceptors (Lipinski definition) is 0. The van der Waals surface area contributed by atoms with Crippen LogP contribution in [0.1, 0.15) is 5.56 Å². The fourth-order valence-corrected chi connectivity index (χ4v) is 1.71. The van der Waals surface area contributed by atoms with Gasteiger partial charge in [-0.15, -0.1) is 17.7 Å². The van der Waals surface area contributed by atoms with Crippen LogP contribution in [0, 0.1) is 4.99 Å². The van der Waals surface area contributed by atoms with Gasteiger partial charge in [0.15, 0.2) is 0 Å². The third kappa shape index (κ3) is 4.51.